The fourth-order valence-electron chi connectivity index (χ4n) is 2.62. The zero-order valence-corrected chi connectivity index (χ0v) is 11.8. The summed E-state index contributed by atoms with van der Waals surface area (Å²) in [5.41, 5.74) is 2.66. The van der Waals surface area contributed by atoms with Crippen LogP contribution < -0.4 is 15.4 Å². The number of hydrogen-bond acceptors (Lipinski definition) is 3. The summed E-state index contributed by atoms with van der Waals surface area (Å²) < 4.78 is 5.44. The van der Waals surface area contributed by atoms with Crippen molar-refractivity contribution in [2.24, 2.45) is 5.92 Å². The number of methoxy groups -OCH3 is 1. The first-order valence-corrected chi connectivity index (χ1v) is 6.73. The molecule has 0 spiro atoms. The van der Waals surface area contributed by atoms with E-state index in [2.05, 4.69) is 42.7 Å². The quantitative estimate of drug-likeness (QED) is 0.839. The molecule has 3 heteroatoms. The first kappa shape index (κ1) is 13.4. The van der Waals surface area contributed by atoms with Gasteiger partial charge in [0, 0.05) is 25.0 Å². The summed E-state index contributed by atoms with van der Waals surface area (Å²) in [5.74, 6) is 2.18. The van der Waals surface area contributed by atoms with Gasteiger partial charge in [-0.05, 0) is 30.2 Å². The Bertz CT molecular complexity index is 399. The monoisotopic (exact) mass is 248 g/mol. The highest BCUT2D eigenvalue weighted by atomic mass is 16.5. The molecule has 0 aromatic heterocycles. The standard InChI is InChI=1S/C15H24N2O/c1-10(2)13-7-11(5-6-14(13)18-4)15(16-3)12-8-17-9-12/h5-7,10,12,15-17H,8-9H2,1-4H3. The van der Waals surface area contributed by atoms with Gasteiger partial charge < -0.3 is 15.4 Å². The molecule has 1 atom stereocenters. The molecule has 0 saturated carbocycles. The van der Waals surface area contributed by atoms with Crippen molar-refractivity contribution in [1.29, 1.82) is 0 Å². The minimum atomic E-state index is 0.439. The number of nitrogens with one attached hydrogen (secondary N) is 2. The van der Waals surface area contributed by atoms with E-state index in [1.807, 2.05) is 7.05 Å². The summed E-state index contributed by atoms with van der Waals surface area (Å²) in [4.78, 5) is 0. The van der Waals surface area contributed by atoms with Crippen LogP contribution in [0.25, 0.3) is 0 Å². The molecule has 0 bridgehead atoms. The highest BCUT2D eigenvalue weighted by molar-refractivity contribution is 5.40. The zero-order chi connectivity index (χ0) is 13.1. The van der Waals surface area contributed by atoms with Crippen LogP contribution in [-0.4, -0.2) is 27.2 Å². The minimum Gasteiger partial charge on any atom is -0.496 e. The molecule has 1 heterocycles. The van der Waals surface area contributed by atoms with E-state index < -0.39 is 0 Å². The molecule has 1 aromatic rings. The van der Waals surface area contributed by atoms with Gasteiger partial charge in [0.05, 0.1) is 7.11 Å². The van der Waals surface area contributed by atoms with Crippen LogP contribution in [0.5, 0.6) is 5.75 Å². The molecule has 2 N–H and O–H groups in total. The maximum absolute atomic E-state index is 5.44. The maximum atomic E-state index is 5.44. The first-order valence-electron chi connectivity index (χ1n) is 6.73. The van der Waals surface area contributed by atoms with Gasteiger partial charge in [-0.3, -0.25) is 0 Å². The Hall–Kier alpha value is -1.06. The van der Waals surface area contributed by atoms with Gasteiger partial charge in [0.25, 0.3) is 0 Å². The van der Waals surface area contributed by atoms with E-state index in [1.165, 1.54) is 11.1 Å². The van der Waals surface area contributed by atoms with E-state index in [4.69, 9.17) is 4.74 Å². The van der Waals surface area contributed by atoms with Crippen molar-refractivity contribution < 1.29 is 4.74 Å². The molecule has 1 aliphatic heterocycles. The topological polar surface area (TPSA) is 33.3 Å². The average molecular weight is 248 g/mol. The Labute approximate surface area is 110 Å². The predicted molar refractivity (Wildman–Crippen MR) is 75.2 cm³/mol. The van der Waals surface area contributed by atoms with Crippen LogP contribution >= 0.6 is 0 Å². The second-order valence-corrected chi connectivity index (χ2v) is 5.34. The Kier molecular flexibility index (Phi) is 4.25. The Morgan fingerprint density at radius 1 is 1.33 bits per heavy atom. The van der Waals surface area contributed by atoms with Crippen LogP contribution in [0.4, 0.5) is 0 Å². The largest absolute Gasteiger partial charge is 0.496 e. The van der Waals surface area contributed by atoms with E-state index >= 15 is 0 Å². The molecule has 1 unspecified atom stereocenters. The lowest BCUT2D eigenvalue weighted by Gasteiger charge is -2.35. The highest BCUT2D eigenvalue weighted by Gasteiger charge is 2.27. The van der Waals surface area contributed by atoms with Gasteiger partial charge in [0.2, 0.25) is 0 Å². The molecule has 18 heavy (non-hydrogen) atoms. The summed E-state index contributed by atoms with van der Waals surface area (Å²) in [6, 6.07) is 7.02. The second kappa shape index (κ2) is 5.72. The normalized spacial score (nSPS) is 17.6. The van der Waals surface area contributed by atoms with Crippen molar-refractivity contribution >= 4 is 0 Å². The van der Waals surface area contributed by atoms with Crippen molar-refractivity contribution in [1.82, 2.24) is 10.6 Å². The lowest BCUT2D eigenvalue weighted by atomic mass is 9.86. The van der Waals surface area contributed by atoms with Crippen LogP contribution in [0, 0.1) is 5.92 Å². The Balaban J connectivity index is 2.29. The number of ether oxygens (including phenoxy) is 1. The van der Waals surface area contributed by atoms with Crippen molar-refractivity contribution in [2.45, 2.75) is 25.8 Å². The van der Waals surface area contributed by atoms with E-state index in [1.54, 1.807) is 7.11 Å². The van der Waals surface area contributed by atoms with Gasteiger partial charge in [-0.15, -0.1) is 0 Å². The number of benzene rings is 1. The molecule has 1 saturated heterocycles. The lowest BCUT2D eigenvalue weighted by molar-refractivity contribution is 0.267. The van der Waals surface area contributed by atoms with Crippen LogP contribution in [0.1, 0.15) is 36.9 Å². The molecule has 2 rings (SSSR count). The third-order valence-electron chi connectivity index (χ3n) is 3.83. The third-order valence-corrected chi connectivity index (χ3v) is 3.83. The van der Waals surface area contributed by atoms with Crippen molar-refractivity contribution in [3.05, 3.63) is 29.3 Å². The van der Waals surface area contributed by atoms with Gasteiger partial charge in [0.1, 0.15) is 5.75 Å². The summed E-state index contributed by atoms with van der Waals surface area (Å²) in [5, 5.41) is 6.78. The summed E-state index contributed by atoms with van der Waals surface area (Å²) in [6.45, 7) is 6.63. The van der Waals surface area contributed by atoms with Crippen molar-refractivity contribution in [2.75, 3.05) is 27.2 Å². The van der Waals surface area contributed by atoms with Crippen LogP contribution in [0.2, 0.25) is 0 Å². The average Bonchev–Trinajstić information content (AvgIpc) is 2.32. The second-order valence-electron chi connectivity index (χ2n) is 5.34. The van der Waals surface area contributed by atoms with Gasteiger partial charge in [-0.1, -0.05) is 26.0 Å². The van der Waals surface area contributed by atoms with E-state index in [-0.39, 0.29) is 0 Å². The molecule has 1 fully saturated rings. The number of hydrogen-bond donors (Lipinski definition) is 2. The summed E-state index contributed by atoms with van der Waals surface area (Å²) >= 11 is 0. The summed E-state index contributed by atoms with van der Waals surface area (Å²) in [7, 11) is 3.79. The van der Waals surface area contributed by atoms with Gasteiger partial charge in [0.15, 0.2) is 0 Å². The Morgan fingerprint density at radius 3 is 2.50 bits per heavy atom. The molecule has 0 radical (unpaired) electrons. The lowest BCUT2D eigenvalue weighted by Crippen LogP contribution is -2.48. The molecular weight excluding hydrogens is 224 g/mol. The molecule has 3 nitrogen and oxygen atoms in total. The van der Waals surface area contributed by atoms with Gasteiger partial charge in [-0.2, -0.15) is 0 Å². The molecule has 1 aliphatic rings. The predicted octanol–water partition coefficient (Wildman–Crippen LogP) is 2.30. The molecular formula is C15H24N2O. The van der Waals surface area contributed by atoms with Crippen LogP contribution in [-0.2, 0) is 0 Å². The summed E-state index contributed by atoms with van der Waals surface area (Å²) in [6.07, 6.45) is 0. The zero-order valence-electron chi connectivity index (χ0n) is 11.8. The van der Waals surface area contributed by atoms with E-state index in [0.717, 1.165) is 18.8 Å². The molecule has 0 amide bonds. The molecule has 100 valence electrons. The molecule has 1 aromatic carbocycles. The minimum absolute atomic E-state index is 0.439. The van der Waals surface area contributed by atoms with Crippen molar-refractivity contribution in [3.8, 4) is 5.75 Å². The van der Waals surface area contributed by atoms with Gasteiger partial charge >= 0.3 is 0 Å². The fourth-order valence-corrected chi connectivity index (χ4v) is 2.62. The maximum Gasteiger partial charge on any atom is 0.122 e. The SMILES string of the molecule is CNC(c1ccc(OC)c(C(C)C)c1)C1CNC1. The molecule has 0 aliphatic carbocycles. The smallest absolute Gasteiger partial charge is 0.122 e. The highest BCUT2D eigenvalue weighted by Crippen LogP contribution is 2.32. The van der Waals surface area contributed by atoms with E-state index in [0.29, 0.717) is 17.9 Å². The number of rotatable bonds is 5. The van der Waals surface area contributed by atoms with Crippen LogP contribution in [0.15, 0.2) is 18.2 Å². The first-order chi connectivity index (χ1) is 8.67. The van der Waals surface area contributed by atoms with Crippen molar-refractivity contribution in [3.63, 3.8) is 0 Å². The van der Waals surface area contributed by atoms with E-state index in [9.17, 15) is 0 Å². The van der Waals surface area contributed by atoms with Crippen LogP contribution in [0.3, 0.4) is 0 Å². The Morgan fingerprint density at radius 2 is 2.06 bits per heavy atom. The third kappa shape index (κ3) is 2.52. The fraction of sp³-hybridized carbons (Fsp3) is 0.600. The van der Waals surface area contributed by atoms with Gasteiger partial charge in [-0.25, -0.2) is 0 Å².